The van der Waals surface area contributed by atoms with Crippen molar-refractivity contribution < 1.29 is 15.3 Å². The predicted octanol–water partition coefficient (Wildman–Crippen LogP) is -1.55. The summed E-state index contributed by atoms with van der Waals surface area (Å²) in [5.41, 5.74) is 11.0. The molecule has 0 saturated heterocycles. The highest BCUT2D eigenvalue weighted by atomic mass is 16.3. The molecular formula is C3H10N3O3+. The summed E-state index contributed by atoms with van der Waals surface area (Å²) in [7, 11) is 0. The SMILES string of the molecule is N=[N+]=N.OCC(O)CO. The highest BCUT2D eigenvalue weighted by molar-refractivity contribution is 4.43. The van der Waals surface area contributed by atoms with Gasteiger partial charge in [-0.2, -0.15) is 0 Å². The van der Waals surface area contributed by atoms with Gasteiger partial charge in [-0.05, 0) is 0 Å². The molecule has 6 nitrogen and oxygen atoms in total. The third-order valence-electron chi connectivity index (χ3n) is 0.421. The molecule has 0 aliphatic rings. The van der Waals surface area contributed by atoms with E-state index in [4.69, 9.17) is 26.4 Å². The highest BCUT2D eigenvalue weighted by Gasteiger charge is 1.93. The molecule has 0 aromatic carbocycles. The van der Waals surface area contributed by atoms with Crippen LogP contribution in [0.2, 0.25) is 0 Å². The second kappa shape index (κ2) is 10.2. The maximum absolute atomic E-state index is 8.17. The van der Waals surface area contributed by atoms with Gasteiger partial charge in [-0.15, -0.1) is 0 Å². The Morgan fingerprint density at radius 3 is 1.44 bits per heavy atom. The van der Waals surface area contributed by atoms with Crippen LogP contribution >= 0.6 is 0 Å². The molecule has 9 heavy (non-hydrogen) atoms. The van der Waals surface area contributed by atoms with Gasteiger partial charge in [0.15, 0.2) is 0 Å². The maximum Gasteiger partial charge on any atom is 0.211 e. The zero-order valence-corrected chi connectivity index (χ0v) is 4.78. The average molecular weight is 136 g/mol. The first kappa shape index (κ1) is 11.0. The topological polar surface area (TPSA) is 122 Å². The average Bonchev–Trinajstić information content (AvgIpc) is 1.88. The minimum absolute atomic E-state index is 0.365. The lowest BCUT2D eigenvalue weighted by Gasteiger charge is -1.96. The maximum atomic E-state index is 8.17. The Kier molecular flexibility index (Phi) is 12.6. The molecule has 0 amide bonds. The molecule has 0 radical (unpaired) electrons. The Balaban J connectivity index is 0. The van der Waals surface area contributed by atoms with E-state index in [9.17, 15) is 0 Å². The van der Waals surface area contributed by atoms with Gasteiger partial charge in [0, 0.05) is 0 Å². The molecule has 0 aliphatic carbocycles. The van der Waals surface area contributed by atoms with Crippen LogP contribution in [-0.4, -0.2) is 34.6 Å². The molecule has 0 aromatic heterocycles. The molecule has 0 bridgehead atoms. The predicted molar refractivity (Wildman–Crippen MR) is 27.8 cm³/mol. The fourth-order valence-corrected chi connectivity index (χ4v) is 0.0577. The summed E-state index contributed by atoms with van der Waals surface area (Å²) in [4.78, 5) is 2.00. The van der Waals surface area contributed by atoms with Crippen LogP contribution < -0.4 is 4.91 Å². The van der Waals surface area contributed by atoms with Crippen LogP contribution in [0, 0.1) is 11.1 Å². The first-order chi connectivity index (χ1) is 4.22. The van der Waals surface area contributed by atoms with E-state index in [0.29, 0.717) is 0 Å². The zero-order valence-electron chi connectivity index (χ0n) is 4.78. The molecule has 54 valence electrons. The number of rotatable bonds is 2. The van der Waals surface area contributed by atoms with E-state index in [-0.39, 0.29) is 13.2 Å². The quantitative estimate of drug-likeness (QED) is 0.233. The first-order valence-electron chi connectivity index (χ1n) is 2.15. The van der Waals surface area contributed by atoms with Crippen LogP contribution in [0.1, 0.15) is 0 Å². The van der Waals surface area contributed by atoms with E-state index in [2.05, 4.69) is 0 Å². The molecule has 0 unspecified atom stereocenters. The van der Waals surface area contributed by atoms with Gasteiger partial charge >= 0.3 is 0 Å². The van der Waals surface area contributed by atoms with Gasteiger partial charge < -0.3 is 15.3 Å². The largest absolute Gasteiger partial charge is 0.394 e. The zero-order chi connectivity index (χ0) is 7.70. The van der Waals surface area contributed by atoms with Crippen molar-refractivity contribution in [2.45, 2.75) is 6.10 Å². The number of nitrogens with one attached hydrogen (secondary N) is 2. The summed E-state index contributed by atoms with van der Waals surface area (Å²) in [6, 6.07) is 0. The molecule has 0 rings (SSSR count). The fourth-order valence-electron chi connectivity index (χ4n) is 0.0577. The van der Waals surface area contributed by atoms with Crippen LogP contribution in [0.25, 0.3) is 0 Å². The van der Waals surface area contributed by atoms with Crippen LogP contribution in [-0.2, 0) is 0 Å². The Morgan fingerprint density at radius 1 is 1.22 bits per heavy atom. The third kappa shape index (κ3) is 19.0. The van der Waals surface area contributed by atoms with Crippen molar-refractivity contribution in [1.29, 1.82) is 11.1 Å². The summed E-state index contributed by atoms with van der Waals surface area (Å²) in [6.45, 7) is -0.729. The van der Waals surface area contributed by atoms with Crippen LogP contribution in [0.15, 0.2) is 0 Å². The Hall–Kier alpha value is -0.810. The molecule has 0 aromatic rings. The molecule has 0 atom stereocenters. The smallest absolute Gasteiger partial charge is 0.211 e. The fraction of sp³-hybridized carbons (Fsp3) is 1.00. The van der Waals surface area contributed by atoms with E-state index < -0.39 is 6.10 Å². The lowest BCUT2D eigenvalue weighted by Crippen LogP contribution is -2.15. The molecule has 6 heteroatoms. The van der Waals surface area contributed by atoms with Crippen molar-refractivity contribution in [2.24, 2.45) is 0 Å². The van der Waals surface area contributed by atoms with Gasteiger partial charge in [-0.25, -0.2) is 0 Å². The first-order valence-corrected chi connectivity index (χ1v) is 2.15. The summed E-state index contributed by atoms with van der Waals surface area (Å²) >= 11 is 0. The number of hydrogen-bond donors (Lipinski definition) is 5. The van der Waals surface area contributed by atoms with E-state index in [0.717, 1.165) is 0 Å². The minimum atomic E-state index is -0.954. The van der Waals surface area contributed by atoms with Gasteiger partial charge in [0.2, 0.25) is 4.91 Å². The Labute approximate surface area is 51.8 Å². The number of aliphatic hydroxyl groups is 3. The van der Waals surface area contributed by atoms with E-state index >= 15 is 0 Å². The second-order valence-electron chi connectivity index (χ2n) is 1.13. The lowest BCUT2D eigenvalue weighted by atomic mass is 10.4. The molecular weight excluding hydrogens is 126 g/mol. The van der Waals surface area contributed by atoms with Crippen LogP contribution in [0.4, 0.5) is 0 Å². The van der Waals surface area contributed by atoms with Crippen molar-refractivity contribution in [1.82, 2.24) is 4.91 Å². The number of nitrogens with zero attached hydrogens (tertiary/aromatic N) is 1. The lowest BCUT2D eigenvalue weighted by molar-refractivity contribution is 0.0450. The van der Waals surface area contributed by atoms with Gasteiger partial charge in [0.1, 0.15) is 17.2 Å². The van der Waals surface area contributed by atoms with Gasteiger partial charge in [-0.1, -0.05) is 0 Å². The van der Waals surface area contributed by atoms with Crippen molar-refractivity contribution in [2.75, 3.05) is 13.2 Å². The Bertz CT molecular complexity index is 76.4. The Morgan fingerprint density at radius 2 is 1.44 bits per heavy atom. The van der Waals surface area contributed by atoms with Crippen molar-refractivity contribution in [3.05, 3.63) is 0 Å². The highest BCUT2D eigenvalue weighted by Crippen LogP contribution is 1.71. The summed E-state index contributed by atoms with van der Waals surface area (Å²) in [6.07, 6.45) is -0.954. The standard InChI is InChI=1S/C3H8O3.H2N3/c4-1-3(6)2-5;1-3-2/h3-6H,1-2H2;1-2H/q;+1. The summed E-state index contributed by atoms with van der Waals surface area (Å²) in [5, 5.41) is 24.0. The summed E-state index contributed by atoms with van der Waals surface area (Å²) < 4.78 is 0. The molecule has 0 heterocycles. The van der Waals surface area contributed by atoms with E-state index in [1.54, 1.807) is 0 Å². The molecule has 0 saturated carbocycles. The van der Waals surface area contributed by atoms with Crippen LogP contribution in [0.5, 0.6) is 0 Å². The van der Waals surface area contributed by atoms with Crippen LogP contribution in [0.3, 0.4) is 0 Å². The molecule has 0 spiro atoms. The van der Waals surface area contributed by atoms with Gasteiger partial charge in [0.05, 0.1) is 13.2 Å². The normalized spacial score (nSPS) is 7.56. The summed E-state index contributed by atoms with van der Waals surface area (Å²) in [5.74, 6) is 0. The number of aliphatic hydroxyl groups excluding tert-OH is 3. The van der Waals surface area contributed by atoms with Crippen molar-refractivity contribution in [3.8, 4) is 0 Å². The number of hydrogen-bond acceptors (Lipinski definition) is 5. The molecule has 0 fully saturated rings. The molecule has 0 aliphatic heterocycles. The third-order valence-corrected chi connectivity index (χ3v) is 0.421. The minimum Gasteiger partial charge on any atom is -0.394 e. The van der Waals surface area contributed by atoms with Crippen molar-refractivity contribution >= 4 is 0 Å². The van der Waals surface area contributed by atoms with Gasteiger partial charge in [0.25, 0.3) is 0 Å². The molecule has 5 N–H and O–H groups in total. The van der Waals surface area contributed by atoms with E-state index in [1.165, 1.54) is 0 Å². The van der Waals surface area contributed by atoms with E-state index in [1.807, 2.05) is 4.91 Å². The van der Waals surface area contributed by atoms with Crippen molar-refractivity contribution in [3.63, 3.8) is 0 Å². The second-order valence-corrected chi connectivity index (χ2v) is 1.13. The monoisotopic (exact) mass is 136 g/mol. The van der Waals surface area contributed by atoms with Gasteiger partial charge in [-0.3, -0.25) is 0 Å².